The van der Waals surface area contributed by atoms with E-state index in [0.29, 0.717) is 9.68 Å². The van der Waals surface area contributed by atoms with Gasteiger partial charge < -0.3 is 14.0 Å². The van der Waals surface area contributed by atoms with Crippen molar-refractivity contribution < 1.29 is 14.3 Å². The highest BCUT2D eigenvalue weighted by Crippen LogP contribution is 2.37. The second-order valence-corrected chi connectivity index (χ2v) is 8.04. The number of nitrogens with zero attached hydrogens (tertiary/aromatic N) is 2. The first kappa shape index (κ1) is 15.7. The fourth-order valence-electron chi connectivity index (χ4n) is 2.49. The predicted molar refractivity (Wildman–Crippen MR) is 98.5 cm³/mol. The lowest BCUT2D eigenvalue weighted by molar-refractivity contribution is 0.100. The largest absolute Gasteiger partial charge is 0.454 e. The number of thiophene rings is 1. The zero-order chi connectivity index (χ0) is 16.5. The van der Waals surface area contributed by atoms with E-state index in [4.69, 9.17) is 9.47 Å². The monoisotopic (exact) mass is 378 g/mol. The minimum Gasteiger partial charge on any atom is -0.454 e. The number of ether oxygens (including phenoxy) is 2. The van der Waals surface area contributed by atoms with Gasteiger partial charge in [-0.25, -0.2) is 0 Å². The van der Waals surface area contributed by atoms with Gasteiger partial charge in [0.25, 0.3) is 5.91 Å². The molecular weight excluding hydrogens is 364 g/mol. The van der Waals surface area contributed by atoms with Crippen LogP contribution in [0.4, 0.5) is 0 Å². The molecule has 2 aromatic heterocycles. The molecule has 3 heterocycles. The minimum absolute atomic E-state index is 0.200. The first-order valence-corrected chi connectivity index (χ1v) is 10.4. The van der Waals surface area contributed by atoms with Gasteiger partial charge in [0.2, 0.25) is 6.79 Å². The molecular formula is C16H14N2O3S3. The summed E-state index contributed by atoms with van der Waals surface area (Å²) in [6.07, 6.45) is 2.07. The third kappa shape index (κ3) is 2.85. The number of thiazole rings is 1. The quantitative estimate of drug-likeness (QED) is 0.696. The maximum absolute atomic E-state index is 12.4. The molecule has 8 heteroatoms. The van der Waals surface area contributed by atoms with Crippen LogP contribution in [0.2, 0.25) is 0 Å². The number of carbonyl (C=O) groups excluding carboxylic acids is 1. The summed E-state index contributed by atoms with van der Waals surface area (Å²) in [5.74, 6) is 2.24. The number of benzene rings is 1. The van der Waals surface area contributed by atoms with Crippen LogP contribution in [0.25, 0.3) is 10.2 Å². The summed E-state index contributed by atoms with van der Waals surface area (Å²) in [7, 11) is 0. The van der Waals surface area contributed by atoms with E-state index in [9.17, 15) is 4.79 Å². The lowest BCUT2D eigenvalue weighted by Gasteiger charge is -2.04. The Hall–Kier alpha value is -1.77. The van der Waals surface area contributed by atoms with E-state index in [0.717, 1.165) is 34.0 Å². The Morgan fingerprint density at radius 3 is 2.96 bits per heavy atom. The molecule has 5 nitrogen and oxygen atoms in total. The van der Waals surface area contributed by atoms with Crippen molar-refractivity contribution >= 4 is 50.6 Å². The number of thioether (sulfide) groups is 1. The summed E-state index contributed by atoms with van der Waals surface area (Å²) >= 11 is 4.67. The Labute approximate surface area is 150 Å². The van der Waals surface area contributed by atoms with Gasteiger partial charge in [0.05, 0.1) is 15.1 Å². The van der Waals surface area contributed by atoms with Gasteiger partial charge in [0.1, 0.15) is 0 Å². The minimum atomic E-state index is -0.200. The van der Waals surface area contributed by atoms with Crippen LogP contribution in [0.15, 0.2) is 34.6 Å². The van der Waals surface area contributed by atoms with Crippen LogP contribution in [0, 0.1) is 0 Å². The fraction of sp³-hybridized carbons (Fsp3) is 0.250. The number of rotatable bonds is 4. The van der Waals surface area contributed by atoms with E-state index in [2.05, 4.69) is 15.8 Å². The Morgan fingerprint density at radius 2 is 2.21 bits per heavy atom. The maximum atomic E-state index is 12.4. The SMILES string of the molecule is CSCCn1c(=NC(=O)c2cccs2)sc2cc3c(cc21)OCO3. The molecule has 124 valence electrons. The lowest BCUT2D eigenvalue weighted by atomic mass is 10.3. The van der Waals surface area contributed by atoms with E-state index in [1.165, 1.54) is 22.7 Å². The molecule has 0 fully saturated rings. The summed E-state index contributed by atoms with van der Waals surface area (Å²) in [5, 5.41) is 1.88. The van der Waals surface area contributed by atoms with Crippen molar-refractivity contribution in [2.45, 2.75) is 6.54 Å². The molecule has 1 aliphatic rings. The summed E-state index contributed by atoms with van der Waals surface area (Å²) in [6.45, 7) is 1.04. The average molecular weight is 379 g/mol. The van der Waals surface area contributed by atoms with Crippen molar-refractivity contribution in [3.05, 3.63) is 39.3 Å². The summed E-state index contributed by atoms with van der Waals surface area (Å²) in [4.78, 5) is 18.1. The third-order valence-electron chi connectivity index (χ3n) is 3.63. The molecule has 0 radical (unpaired) electrons. The number of amides is 1. The smallest absolute Gasteiger partial charge is 0.289 e. The van der Waals surface area contributed by atoms with Crippen LogP contribution in [0.1, 0.15) is 9.67 Å². The van der Waals surface area contributed by atoms with Gasteiger partial charge in [-0.15, -0.1) is 11.3 Å². The second kappa shape index (κ2) is 6.62. The van der Waals surface area contributed by atoms with Crippen molar-refractivity contribution in [3.8, 4) is 11.5 Å². The molecule has 4 rings (SSSR count). The Bertz CT molecular complexity index is 957. The highest BCUT2D eigenvalue weighted by Gasteiger charge is 2.18. The van der Waals surface area contributed by atoms with Crippen LogP contribution >= 0.6 is 34.4 Å². The number of aryl methyl sites for hydroxylation is 1. The van der Waals surface area contributed by atoms with E-state index < -0.39 is 0 Å². The number of fused-ring (bicyclic) bond motifs is 2. The zero-order valence-corrected chi connectivity index (χ0v) is 15.3. The Morgan fingerprint density at radius 1 is 1.38 bits per heavy atom. The molecule has 1 aromatic carbocycles. The molecule has 24 heavy (non-hydrogen) atoms. The fourth-order valence-corrected chi connectivity index (χ4v) is 4.52. The predicted octanol–water partition coefficient (Wildman–Crippen LogP) is 3.60. The van der Waals surface area contributed by atoms with Gasteiger partial charge in [0, 0.05) is 24.4 Å². The normalized spacial score (nSPS) is 13.8. The van der Waals surface area contributed by atoms with E-state index in [1.807, 2.05) is 23.6 Å². The average Bonchev–Trinajstić information content (AvgIpc) is 3.30. The van der Waals surface area contributed by atoms with Crippen LogP contribution in [0.3, 0.4) is 0 Å². The van der Waals surface area contributed by atoms with E-state index >= 15 is 0 Å². The van der Waals surface area contributed by atoms with Crippen LogP contribution in [-0.4, -0.2) is 29.3 Å². The van der Waals surface area contributed by atoms with Gasteiger partial charge in [-0.1, -0.05) is 17.4 Å². The van der Waals surface area contributed by atoms with Gasteiger partial charge >= 0.3 is 0 Å². The third-order valence-corrected chi connectivity index (χ3v) is 6.12. The molecule has 1 amide bonds. The van der Waals surface area contributed by atoms with E-state index in [1.54, 1.807) is 17.8 Å². The molecule has 0 unspecified atom stereocenters. The summed E-state index contributed by atoms with van der Waals surface area (Å²) < 4.78 is 14.1. The van der Waals surface area contributed by atoms with Crippen molar-refractivity contribution in [1.82, 2.24) is 4.57 Å². The van der Waals surface area contributed by atoms with Crippen LogP contribution in [-0.2, 0) is 6.54 Å². The topological polar surface area (TPSA) is 52.8 Å². The molecule has 0 saturated heterocycles. The van der Waals surface area contributed by atoms with Crippen LogP contribution < -0.4 is 14.3 Å². The first-order valence-electron chi connectivity index (χ1n) is 7.31. The summed E-state index contributed by atoms with van der Waals surface area (Å²) in [6, 6.07) is 7.60. The standard InChI is InChI=1S/C16H14N2O3S3/c1-22-6-4-18-10-7-11-12(21-9-20-11)8-14(10)24-16(18)17-15(19)13-3-2-5-23-13/h2-3,5,7-8H,4,6,9H2,1H3. The highest BCUT2D eigenvalue weighted by atomic mass is 32.2. The van der Waals surface area contributed by atoms with Crippen molar-refractivity contribution in [2.75, 3.05) is 18.8 Å². The van der Waals surface area contributed by atoms with Crippen LogP contribution in [0.5, 0.6) is 11.5 Å². The molecule has 0 saturated carbocycles. The molecule has 0 atom stereocenters. The number of hydrogen-bond donors (Lipinski definition) is 0. The van der Waals surface area contributed by atoms with Crippen molar-refractivity contribution in [2.24, 2.45) is 4.99 Å². The number of aromatic nitrogens is 1. The summed E-state index contributed by atoms with van der Waals surface area (Å²) in [5.41, 5.74) is 1.02. The molecule has 1 aliphatic heterocycles. The zero-order valence-electron chi connectivity index (χ0n) is 12.9. The highest BCUT2D eigenvalue weighted by molar-refractivity contribution is 7.98. The Kier molecular flexibility index (Phi) is 4.34. The molecule has 0 bridgehead atoms. The van der Waals surface area contributed by atoms with Gasteiger partial charge in [-0.3, -0.25) is 4.79 Å². The number of carbonyl (C=O) groups is 1. The second-order valence-electron chi connectivity index (χ2n) is 5.10. The molecule has 0 aliphatic carbocycles. The molecule has 3 aromatic rings. The molecule has 0 spiro atoms. The van der Waals surface area contributed by atoms with Crippen molar-refractivity contribution in [1.29, 1.82) is 0 Å². The van der Waals surface area contributed by atoms with E-state index in [-0.39, 0.29) is 12.7 Å². The van der Waals surface area contributed by atoms with Gasteiger partial charge in [-0.2, -0.15) is 16.8 Å². The van der Waals surface area contributed by atoms with Gasteiger partial charge in [0.15, 0.2) is 16.3 Å². The molecule has 0 N–H and O–H groups in total. The first-order chi connectivity index (χ1) is 11.8. The number of hydrogen-bond acceptors (Lipinski definition) is 6. The Balaban J connectivity index is 1.86. The van der Waals surface area contributed by atoms with Crippen molar-refractivity contribution in [3.63, 3.8) is 0 Å². The lowest BCUT2D eigenvalue weighted by Crippen LogP contribution is -2.18. The van der Waals surface area contributed by atoms with Gasteiger partial charge in [-0.05, 0) is 17.7 Å². The maximum Gasteiger partial charge on any atom is 0.289 e.